The van der Waals surface area contributed by atoms with E-state index in [0.29, 0.717) is 10.6 Å². The van der Waals surface area contributed by atoms with Crippen LogP contribution >= 0.6 is 11.6 Å². The second-order valence-corrected chi connectivity index (χ2v) is 3.94. The van der Waals surface area contributed by atoms with Gasteiger partial charge in [-0.1, -0.05) is 31.5 Å². The Labute approximate surface area is 87.9 Å². The number of carbonyl (C=O) groups is 1. The lowest BCUT2D eigenvalue weighted by Gasteiger charge is -2.05. The van der Waals surface area contributed by atoms with Crippen molar-refractivity contribution < 1.29 is 9.18 Å². The largest absolute Gasteiger partial charge is 0.299 e. The molecular formula is C11H12ClFO. The minimum atomic E-state index is -0.379. The van der Waals surface area contributed by atoms with E-state index in [1.807, 2.05) is 13.8 Å². The van der Waals surface area contributed by atoms with Crippen LogP contribution < -0.4 is 0 Å². The molecule has 0 aliphatic rings. The first-order valence-corrected chi connectivity index (χ1v) is 4.85. The first-order valence-electron chi connectivity index (χ1n) is 4.47. The van der Waals surface area contributed by atoms with Gasteiger partial charge in [0, 0.05) is 17.4 Å². The molecule has 0 amide bonds. The van der Waals surface area contributed by atoms with Gasteiger partial charge in [0.1, 0.15) is 11.6 Å². The van der Waals surface area contributed by atoms with Gasteiger partial charge >= 0.3 is 0 Å². The number of hydrogen-bond donors (Lipinski definition) is 0. The van der Waals surface area contributed by atoms with Crippen molar-refractivity contribution in [1.29, 1.82) is 0 Å². The molecule has 0 N–H and O–H groups in total. The van der Waals surface area contributed by atoms with Crippen molar-refractivity contribution >= 4 is 17.4 Å². The zero-order valence-electron chi connectivity index (χ0n) is 8.18. The fourth-order valence-corrected chi connectivity index (χ4v) is 1.29. The van der Waals surface area contributed by atoms with Crippen molar-refractivity contribution in [2.24, 2.45) is 5.92 Å². The van der Waals surface area contributed by atoms with Crippen LogP contribution in [0.25, 0.3) is 0 Å². The topological polar surface area (TPSA) is 17.1 Å². The Kier molecular flexibility index (Phi) is 3.64. The lowest BCUT2D eigenvalue weighted by molar-refractivity contribution is -0.121. The number of carbonyl (C=O) groups excluding carboxylic acids is 1. The molecule has 76 valence electrons. The number of rotatable bonds is 3. The summed E-state index contributed by atoms with van der Waals surface area (Å²) >= 11 is 5.79. The fraction of sp³-hybridized carbons (Fsp3) is 0.364. The highest BCUT2D eigenvalue weighted by Crippen LogP contribution is 2.18. The van der Waals surface area contributed by atoms with E-state index in [-0.39, 0.29) is 23.9 Å². The Balaban J connectivity index is 2.82. The normalized spacial score (nSPS) is 10.6. The van der Waals surface area contributed by atoms with Crippen molar-refractivity contribution in [3.05, 3.63) is 34.6 Å². The van der Waals surface area contributed by atoms with Crippen molar-refractivity contribution in [1.82, 2.24) is 0 Å². The third kappa shape index (κ3) is 2.81. The van der Waals surface area contributed by atoms with Gasteiger partial charge in [-0.3, -0.25) is 4.79 Å². The van der Waals surface area contributed by atoms with E-state index in [1.165, 1.54) is 12.1 Å². The quantitative estimate of drug-likeness (QED) is 0.755. The van der Waals surface area contributed by atoms with Crippen LogP contribution in [-0.4, -0.2) is 5.78 Å². The van der Waals surface area contributed by atoms with Gasteiger partial charge < -0.3 is 0 Å². The number of Topliss-reactive ketones (excluding diaryl/α,β-unsaturated/α-hetero) is 1. The Morgan fingerprint density at radius 2 is 2.14 bits per heavy atom. The highest BCUT2D eigenvalue weighted by atomic mass is 35.5. The van der Waals surface area contributed by atoms with E-state index in [0.717, 1.165) is 0 Å². The highest BCUT2D eigenvalue weighted by Gasteiger charge is 2.10. The van der Waals surface area contributed by atoms with Crippen LogP contribution in [0.5, 0.6) is 0 Å². The molecule has 0 unspecified atom stereocenters. The standard InChI is InChI=1S/C11H12ClFO/c1-7(2)11(14)5-8-3-4-9(13)6-10(8)12/h3-4,6-7H,5H2,1-2H3. The Hall–Kier alpha value is -0.890. The molecule has 14 heavy (non-hydrogen) atoms. The van der Waals surface area contributed by atoms with Crippen LogP contribution in [-0.2, 0) is 11.2 Å². The summed E-state index contributed by atoms with van der Waals surface area (Å²) in [5.74, 6) is -0.287. The van der Waals surface area contributed by atoms with Crippen LogP contribution in [0.4, 0.5) is 4.39 Å². The molecule has 0 bridgehead atoms. The van der Waals surface area contributed by atoms with Crippen LogP contribution in [0.3, 0.4) is 0 Å². The van der Waals surface area contributed by atoms with Gasteiger partial charge in [0.2, 0.25) is 0 Å². The van der Waals surface area contributed by atoms with E-state index < -0.39 is 0 Å². The summed E-state index contributed by atoms with van der Waals surface area (Å²) in [6, 6.07) is 4.09. The summed E-state index contributed by atoms with van der Waals surface area (Å²) in [6.45, 7) is 3.67. The van der Waals surface area contributed by atoms with Crippen LogP contribution in [0.2, 0.25) is 5.02 Å². The van der Waals surface area contributed by atoms with Crippen LogP contribution in [0.15, 0.2) is 18.2 Å². The van der Waals surface area contributed by atoms with E-state index in [4.69, 9.17) is 11.6 Å². The lowest BCUT2D eigenvalue weighted by Crippen LogP contribution is -2.10. The van der Waals surface area contributed by atoms with Gasteiger partial charge in [0.25, 0.3) is 0 Å². The smallest absolute Gasteiger partial charge is 0.139 e. The molecule has 0 saturated carbocycles. The Morgan fingerprint density at radius 3 is 2.64 bits per heavy atom. The predicted octanol–water partition coefficient (Wildman–Crippen LogP) is 3.25. The number of ketones is 1. The summed E-state index contributed by atoms with van der Waals surface area (Å²) in [5.41, 5.74) is 0.687. The van der Waals surface area contributed by atoms with E-state index in [9.17, 15) is 9.18 Å². The van der Waals surface area contributed by atoms with Gasteiger partial charge in [-0.05, 0) is 17.7 Å². The molecular weight excluding hydrogens is 203 g/mol. The molecule has 0 aromatic heterocycles. The second-order valence-electron chi connectivity index (χ2n) is 3.53. The minimum absolute atomic E-state index is 0.0175. The number of benzene rings is 1. The summed E-state index contributed by atoms with van der Waals surface area (Å²) in [7, 11) is 0. The molecule has 3 heteroatoms. The molecule has 0 fully saturated rings. The first kappa shape index (κ1) is 11.2. The molecule has 1 aromatic rings. The average Bonchev–Trinajstić information content (AvgIpc) is 2.09. The van der Waals surface area contributed by atoms with Crippen LogP contribution in [0.1, 0.15) is 19.4 Å². The monoisotopic (exact) mass is 214 g/mol. The van der Waals surface area contributed by atoms with Gasteiger partial charge in [0.05, 0.1) is 0 Å². The maximum atomic E-state index is 12.7. The van der Waals surface area contributed by atoms with Crippen LogP contribution in [0, 0.1) is 11.7 Å². The third-order valence-corrected chi connectivity index (χ3v) is 2.38. The third-order valence-electron chi connectivity index (χ3n) is 2.02. The van der Waals surface area contributed by atoms with Gasteiger partial charge in [-0.2, -0.15) is 0 Å². The fourth-order valence-electron chi connectivity index (χ4n) is 1.06. The molecule has 0 radical (unpaired) electrons. The molecule has 0 spiro atoms. The molecule has 1 rings (SSSR count). The van der Waals surface area contributed by atoms with Crippen molar-refractivity contribution in [3.8, 4) is 0 Å². The summed E-state index contributed by atoms with van der Waals surface area (Å²) in [4.78, 5) is 11.4. The van der Waals surface area contributed by atoms with Crippen molar-refractivity contribution in [2.45, 2.75) is 20.3 Å². The molecule has 0 saturated heterocycles. The van der Waals surface area contributed by atoms with E-state index >= 15 is 0 Å². The molecule has 0 heterocycles. The second kappa shape index (κ2) is 4.56. The van der Waals surface area contributed by atoms with Gasteiger partial charge in [-0.15, -0.1) is 0 Å². The molecule has 0 aliphatic carbocycles. The highest BCUT2D eigenvalue weighted by molar-refractivity contribution is 6.31. The first-order chi connectivity index (χ1) is 6.50. The Bertz CT molecular complexity index is 347. The van der Waals surface area contributed by atoms with E-state index in [2.05, 4.69) is 0 Å². The maximum absolute atomic E-state index is 12.7. The van der Waals surface area contributed by atoms with Gasteiger partial charge in [-0.25, -0.2) is 4.39 Å². The Morgan fingerprint density at radius 1 is 1.50 bits per heavy atom. The number of hydrogen-bond acceptors (Lipinski definition) is 1. The minimum Gasteiger partial charge on any atom is -0.299 e. The van der Waals surface area contributed by atoms with Crippen molar-refractivity contribution in [3.63, 3.8) is 0 Å². The van der Waals surface area contributed by atoms with Crippen molar-refractivity contribution in [2.75, 3.05) is 0 Å². The zero-order chi connectivity index (χ0) is 10.7. The molecule has 1 aromatic carbocycles. The number of halogens is 2. The SMILES string of the molecule is CC(C)C(=O)Cc1ccc(F)cc1Cl. The summed E-state index contributed by atoms with van der Waals surface area (Å²) in [6.07, 6.45) is 0.275. The lowest BCUT2D eigenvalue weighted by atomic mass is 10.0. The summed E-state index contributed by atoms with van der Waals surface area (Å²) < 4.78 is 12.7. The average molecular weight is 215 g/mol. The molecule has 0 aliphatic heterocycles. The summed E-state index contributed by atoms with van der Waals surface area (Å²) in [5, 5.41) is 0.319. The molecule has 1 nitrogen and oxygen atoms in total. The van der Waals surface area contributed by atoms with Gasteiger partial charge in [0.15, 0.2) is 0 Å². The maximum Gasteiger partial charge on any atom is 0.139 e. The predicted molar refractivity (Wildman–Crippen MR) is 55.0 cm³/mol. The zero-order valence-corrected chi connectivity index (χ0v) is 8.94. The molecule has 0 atom stereocenters. The van der Waals surface area contributed by atoms with E-state index in [1.54, 1.807) is 6.07 Å².